The van der Waals surface area contributed by atoms with Gasteiger partial charge in [0.15, 0.2) is 0 Å². The average molecular weight is 484 g/mol. The zero-order valence-electron chi connectivity index (χ0n) is 20.7. The van der Waals surface area contributed by atoms with Gasteiger partial charge >= 0.3 is 18.2 Å². The third-order valence-electron chi connectivity index (χ3n) is 4.18. The molecule has 0 radical (unpaired) electrons. The molecule has 1 rings (SSSR count). The average Bonchev–Trinajstić information content (AvgIpc) is 3.16. The number of rotatable bonds is 11. The minimum atomic E-state index is -1.23. The lowest BCUT2D eigenvalue weighted by Crippen LogP contribution is -2.53. The minimum absolute atomic E-state index is 0.0243. The fourth-order valence-corrected chi connectivity index (χ4v) is 2.78. The number of hydrogen-bond acceptors (Lipinski definition) is 7. The lowest BCUT2D eigenvalue weighted by Gasteiger charge is -2.24. The quantitative estimate of drug-likeness (QED) is 0.298. The third kappa shape index (κ3) is 12.7. The molecular weight excluding hydrogens is 446 g/mol. The van der Waals surface area contributed by atoms with Crippen LogP contribution in [0.4, 0.5) is 9.59 Å². The van der Waals surface area contributed by atoms with Gasteiger partial charge in [-0.1, -0.05) is 0 Å². The number of H-pyrrole nitrogens is 1. The van der Waals surface area contributed by atoms with Crippen LogP contribution in [0.5, 0.6) is 0 Å². The molecule has 2 atom stereocenters. The molecule has 0 bridgehead atoms. The maximum Gasteiger partial charge on any atom is 0.408 e. The van der Waals surface area contributed by atoms with Gasteiger partial charge in [-0.05, 0) is 60.8 Å². The molecule has 0 spiro atoms. The molecule has 0 fully saturated rings. The highest BCUT2D eigenvalue weighted by atomic mass is 16.6. The zero-order valence-corrected chi connectivity index (χ0v) is 20.7. The van der Waals surface area contributed by atoms with Gasteiger partial charge in [-0.25, -0.2) is 19.4 Å². The van der Waals surface area contributed by atoms with Gasteiger partial charge in [-0.15, -0.1) is 0 Å². The van der Waals surface area contributed by atoms with Crippen molar-refractivity contribution < 1.29 is 33.8 Å². The summed E-state index contributed by atoms with van der Waals surface area (Å²) in [5, 5.41) is 17.1. The first-order valence-electron chi connectivity index (χ1n) is 11.1. The van der Waals surface area contributed by atoms with Gasteiger partial charge in [-0.3, -0.25) is 4.79 Å². The first-order valence-corrected chi connectivity index (χ1v) is 11.1. The summed E-state index contributed by atoms with van der Waals surface area (Å²) in [6.07, 6.45) is 2.76. The van der Waals surface area contributed by atoms with Crippen LogP contribution in [0.2, 0.25) is 0 Å². The molecule has 0 saturated heterocycles. The van der Waals surface area contributed by atoms with Crippen molar-refractivity contribution in [2.75, 3.05) is 6.54 Å². The highest BCUT2D eigenvalue weighted by Crippen LogP contribution is 2.10. The Bertz CT molecular complexity index is 813. The minimum Gasteiger partial charge on any atom is -0.480 e. The highest BCUT2D eigenvalue weighted by molar-refractivity contribution is 5.89. The van der Waals surface area contributed by atoms with E-state index in [1.54, 1.807) is 41.5 Å². The van der Waals surface area contributed by atoms with Crippen LogP contribution >= 0.6 is 0 Å². The van der Waals surface area contributed by atoms with E-state index in [-0.39, 0.29) is 12.8 Å². The molecule has 12 nitrogen and oxygen atoms in total. The van der Waals surface area contributed by atoms with Crippen molar-refractivity contribution in [3.8, 4) is 0 Å². The number of nitrogens with zero attached hydrogens (tertiary/aromatic N) is 1. The van der Waals surface area contributed by atoms with E-state index >= 15 is 0 Å². The van der Waals surface area contributed by atoms with Crippen molar-refractivity contribution in [3.05, 3.63) is 18.2 Å². The summed E-state index contributed by atoms with van der Waals surface area (Å²) in [5.41, 5.74) is -0.912. The largest absolute Gasteiger partial charge is 0.480 e. The number of carbonyl (C=O) groups excluding carboxylic acids is 3. The van der Waals surface area contributed by atoms with Crippen LogP contribution in [0.15, 0.2) is 12.5 Å². The molecule has 5 N–H and O–H groups in total. The molecule has 1 aromatic rings. The number of aromatic amines is 1. The Balaban J connectivity index is 2.71. The second-order valence-corrected chi connectivity index (χ2v) is 9.79. The number of carboxylic acids is 1. The molecule has 192 valence electrons. The molecule has 0 aliphatic heterocycles. The van der Waals surface area contributed by atoms with E-state index in [9.17, 15) is 24.3 Å². The van der Waals surface area contributed by atoms with Gasteiger partial charge < -0.3 is 35.5 Å². The van der Waals surface area contributed by atoms with Gasteiger partial charge in [0.05, 0.1) is 12.0 Å². The number of ether oxygens (including phenoxy) is 2. The Kier molecular flexibility index (Phi) is 10.8. The van der Waals surface area contributed by atoms with Crippen LogP contribution in [0, 0.1) is 0 Å². The number of nitrogens with one attached hydrogen (secondary N) is 4. The van der Waals surface area contributed by atoms with Crippen molar-refractivity contribution in [2.45, 2.75) is 90.5 Å². The van der Waals surface area contributed by atoms with Gasteiger partial charge in [-0.2, -0.15) is 0 Å². The second-order valence-electron chi connectivity index (χ2n) is 9.79. The number of amides is 3. The maximum atomic E-state index is 12.9. The number of imidazole rings is 1. The van der Waals surface area contributed by atoms with Crippen molar-refractivity contribution >= 4 is 24.1 Å². The van der Waals surface area contributed by atoms with E-state index in [4.69, 9.17) is 9.47 Å². The molecule has 0 aliphatic carbocycles. The summed E-state index contributed by atoms with van der Waals surface area (Å²) in [7, 11) is 0. The first kappa shape index (κ1) is 28.7. The highest BCUT2D eigenvalue weighted by Gasteiger charge is 2.28. The Morgan fingerprint density at radius 2 is 1.59 bits per heavy atom. The van der Waals surface area contributed by atoms with Crippen LogP contribution in [-0.4, -0.2) is 69.0 Å². The standard InChI is InChI=1S/C22H37N5O7/c1-21(2,3)33-19(31)24-10-8-7-9-15(27-20(32)34-22(4,5)6)17(28)26-16(18(29)30)11-14-12-23-13-25-14/h12-13,15-16H,7-11H2,1-6H3,(H,23,25)(H,24,31)(H,26,28)(H,27,32)(H,29,30)/t15-,16-/m0/s1. The smallest absolute Gasteiger partial charge is 0.408 e. The van der Waals surface area contributed by atoms with Crippen LogP contribution in [0.25, 0.3) is 0 Å². The van der Waals surface area contributed by atoms with Gasteiger partial charge in [0.2, 0.25) is 5.91 Å². The first-order chi connectivity index (χ1) is 15.7. The Labute approximate surface area is 199 Å². The number of hydrogen-bond donors (Lipinski definition) is 5. The van der Waals surface area contributed by atoms with Gasteiger partial charge in [0.25, 0.3) is 0 Å². The van der Waals surface area contributed by atoms with Crippen LogP contribution in [-0.2, 0) is 25.5 Å². The summed E-state index contributed by atoms with van der Waals surface area (Å²) < 4.78 is 10.4. The predicted molar refractivity (Wildman–Crippen MR) is 123 cm³/mol. The van der Waals surface area contributed by atoms with Crippen molar-refractivity contribution in [3.63, 3.8) is 0 Å². The van der Waals surface area contributed by atoms with E-state index in [1.165, 1.54) is 12.5 Å². The molecule has 0 aromatic carbocycles. The summed E-state index contributed by atoms with van der Waals surface area (Å²) in [4.78, 5) is 55.2. The Morgan fingerprint density at radius 1 is 0.971 bits per heavy atom. The van der Waals surface area contributed by atoms with Crippen molar-refractivity contribution in [1.82, 2.24) is 25.9 Å². The second kappa shape index (κ2) is 12.8. The fourth-order valence-electron chi connectivity index (χ4n) is 2.78. The predicted octanol–water partition coefficient (Wildman–Crippen LogP) is 2.11. The molecule has 34 heavy (non-hydrogen) atoms. The SMILES string of the molecule is CC(C)(C)OC(=O)NCCCC[C@H](NC(=O)OC(C)(C)C)C(=O)N[C@@H](Cc1c[nH]cn1)C(=O)O. The number of alkyl carbamates (subject to hydrolysis) is 2. The van der Waals surface area contributed by atoms with Crippen molar-refractivity contribution in [2.24, 2.45) is 0 Å². The Morgan fingerprint density at radius 3 is 2.12 bits per heavy atom. The monoisotopic (exact) mass is 483 g/mol. The van der Waals surface area contributed by atoms with Crippen molar-refractivity contribution in [1.29, 1.82) is 0 Å². The molecule has 0 saturated carbocycles. The number of unbranched alkanes of at least 4 members (excludes halogenated alkanes) is 1. The Hall–Kier alpha value is -3.31. The van der Waals surface area contributed by atoms with E-state index in [1.807, 2.05) is 0 Å². The molecule has 3 amide bonds. The number of carboxylic acid groups (broad SMARTS) is 1. The van der Waals surface area contributed by atoms with E-state index in [0.29, 0.717) is 25.1 Å². The molecule has 0 aliphatic rings. The van der Waals surface area contributed by atoms with Crippen LogP contribution in [0.1, 0.15) is 66.5 Å². The third-order valence-corrected chi connectivity index (χ3v) is 4.18. The summed E-state index contributed by atoms with van der Waals surface area (Å²) in [6.45, 7) is 10.7. The van der Waals surface area contributed by atoms with E-state index < -0.39 is 47.3 Å². The van der Waals surface area contributed by atoms with Gasteiger partial charge in [0.1, 0.15) is 23.3 Å². The number of carbonyl (C=O) groups is 4. The van der Waals surface area contributed by atoms with Crippen LogP contribution in [0.3, 0.4) is 0 Å². The summed E-state index contributed by atoms with van der Waals surface area (Å²) in [6, 6.07) is -2.26. The van der Waals surface area contributed by atoms with E-state index in [2.05, 4.69) is 25.9 Å². The summed E-state index contributed by atoms with van der Waals surface area (Å²) >= 11 is 0. The zero-order chi connectivity index (χ0) is 25.9. The molecule has 12 heteroatoms. The van der Waals surface area contributed by atoms with Crippen LogP contribution < -0.4 is 16.0 Å². The molecule has 0 unspecified atom stereocenters. The summed E-state index contributed by atoms with van der Waals surface area (Å²) in [5.74, 6) is -1.89. The molecule has 1 heterocycles. The lowest BCUT2D eigenvalue weighted by atomic mass is 10.1. The van der Waals surface area contributed by atoms with Gasteiger partial charge in [0, 0.05) is 19.2 Å². The maximum absolute atomic E-state index is 12.9. The number of aromatic nitrogens is 2. The van der Waals surface area contributed by atoms with E-state index in [0.717, 1.165) is 0 Å². The molecule has 1 aromatic heterocycles. The topological polar surface area (TPSA) is 172 Å². The molecular formula is C22H37N5O7. The normalized spacial score (nSPS) is 13.4. The number of aliphatic carboxylic acids is 1. The lowest BCUT2D eigenvalue weighted by molar-refractivity contribution is -0.142. The fraction of sp³-hybridized carbons (Fsp3) is 0.682.